The molecule has 4 N–H and O–H groups in total. The van der Waals surface area contributed by atoms with E-state index in [4.69, 9.17) is 4.74 Å². The van der Waals surface area contributed by atoms with Crippen LogP contribution in [0.25, 0.3) is 10.9 Å². The van der Waals surface area contributed by atoms with Crippen molar-refractivity contribution in [1.29, 1.82) is 0 Å². The fourth-order valence-electron chi connectivity index (χ4n) is 3.26. The van der Waals surface area contributed by atoms with E-state index in [9.17, 15) is 13.5 Å². The lowest BCUT2D eigenvalue weighted by Crippen LogP contribution is -2.26. The zero-order chi connectivity index (χ0) is 21.1. The molecule has 4 rings (SSSR count). The van der Waals surface area contributed by atoms with Crippen LogP contribution in [-0.2, 0) is 10.0 Å². The Hall–Kier alpha value is -2.62. The van der Waals surface area contributed by atoms with Crippen molar-refractivity contribution in [2.45, 2.75) is 31.1 Å². The molecule has 1 heterocycles. The van der Waals surface area contributed by atoms with Crippen molar-refractivity contribution < 1.29 is 18.3 Å². The highest BCUT2D eigenvalue weighted by Crippen LogP contribution is 2.30. The third kappa shape index (κ3) is 4.92. The molecular formula is C21H26N4O4S. The highest BCUT2D eigenvalue weighted by Gasteiger charge is 2.35. The van der Waals surface area contributed by atoms with Crippen molar-refractivity contribution in [3.8, 4) is 5.75 Å². The maximum atomic E-state index is 12.1. The van der Waals surface area contributed by atoms with Crippen LogP contribution >= 0.6 is 0 Å². The molecule has 0 radical (unpaired) electrons. The third-order valence-corrected chi connectivity index (χ3v) is 6.97. The second kappa shape index (κ2) is 8.63. The van der Waals surface area contributed by atoms with Gasteiger partial charge >= 0.3 is 0 Å². The van der Waals surface area contributed by atoms with E-state index in [1.165, 1.54) is 0 Å². The number of aromatic nitrogens is 2. The van der Waals surface area contributed by atoms with Crippen molar-refractivity contribution in [2.75, 3.05) is 24.4 Å². The minimum absolute atomic E-state index is 0.286. The molecule has 1 aliphatic carbocycles. The first-order chi connectivity index (χ1) is 14.4. The first kappa shape index (κ1) is 20.6. The molecule has 8 nitrogen and oxygen atoms in total. The molecule has 1 atom stereocenters. The lowest BCUT2D eigenvalue weighted by atomic mass is 10.1. The number of H-pyrrole nitrogens is 1. The zero-order valence-electron chi connectivity index (χ0n) is 16.8. The molecule has 0 aliphatic heterocycles. The van der Waals surface area contributed by atoms with Crippen molar-refractivity contribution >= 4 is 26.6 Å². The summed E-state index contributed by atoms with van der Waals surface area (Å²) in [4.78, 5) is 0. The summed E-state index contributed by atoms with van der Waals surface area (Å²) in [6, 6.07) is 12.7. The van der Waals surface area contributed by atoms with E-state index in [0.29, 0.717) is 43.8 Å². The summed E-state index contributed by atoms with van der Waals surface area (Å²) in [5.74, 6) is 0.754. The summed E-state index contributed by atoms with van der Waals surface area (Å²) in [5.41, 5.74) is 3.02. The number of nitrogens with one attached hydrogen (secondary N) is 3. The van der Waals surface area contributed by atoms with Gasteiger partial charge < -0.3 is 15.2 Å². The van der Waals surface area contributed by atoms with Gasteiger partial charge in [-0.3, -0.25) is 9.82 Å². The van der Waals surface area contributed by atoms with Gasteiger partial charge in [0.2, 0.25) is 10.0 Å². The molecule has 1 aromatic heterocycles. The van der Waals surface area contributed by atoms with E-state index >= 15 is 0 Å². The average Bonchev–Trinajstić information content (AvgIpc) is 3.53. The number of hydrogen-bond acceptors (Lipinski definition) is 6. The van der Waals surface area contributed by atoms with Crippen LogP contribution in [0.4, 0.5) is 5.69 Å². The van der Waals surface area contributed by atoms with Crippen LogP contribution in [0.5, 0.6) is 5.75 Å². The van der Waals surface area contributed by atoms with E-state index in [2.05, 4.69) is 20.2 Å². The summed E-state index contributed by atoms with van der Waals surface area (Å²) >= 11 is 0. The number of rotatable bonds is 10. The molecule has 0 saturated heterocycles. The van der Waals surface area contributed by atoms with Gasteiger partial charge in [-0.25, -0.2) is 8.42 Å². The Balaban J connectivity index is 1.23. The van der Waals surface area contributed by atoms with E-state index in [1.807, 2.05) is 25.1 Å². The molecule has 0 unspecified atom stereocenters. The number of hydrogen-bond donors (Lipinski definition) is 4. The van der Waals surface area contributed by atoms with Gasteiger partial charge in [0.05, 0.1) is 22.6 Å². The normalized spacial score (nSPS) is 15.3. The van der Waals surface area contributed by atoms with Crippen LogP contribution in [0, 0.1) is 6.92 Å². The van der Waals surface area contributed by atoms with Gasteiger partial charge in [0.15, 0.2) is 0 Å². The smallest absolute Gasteiger partial charge is 0.235 e. The molecule has 1 fully saturated rings. The summed E-state index contributed by atoms with van der Waals surface area (Å²) in [6.07, 6.45) is 0.664. The van der Waals surface area contributed by atoms with Crippen LogP contribution in [0.2, 0.25) is 0 Å². The van der Waals surface area contributed by atoms with Crippen molar-refractivity contribution in [3.63, 3.8) is 0 Å². The summed E-state index contributed by atoms with van der Waals surface area (Å²) in [5, 5.41) is 21.5. The number of ether oxygens (including phenoxy) is 1. The zero-order valence-corrected chi connectivity index (χ0v) is 17.6. The number of nitrogens with zero attached hydrogens (tertiary/aromatic N) is 1. The van der Waals surface area contributed by atoms with Gasteiger partial charge in [-0.2, -0.15) is 5.10 Å². The first-order valence-corrected chi connectivity index (χ1v) is 11.5. The predicted molar refractivity (Wildman–Crippen MR) is 116 cm³/mol. The number of sulfonamides is 1. The summed E-state index contributed by atoms with van der Waals surface area (Å²) in [6.45, 7) is 3.30. The minimum Gasteiger partial charge on any atom is -0.492 e. The molecule has 3 aromatic rings. The van der Waals surface area contributed by atoms with Gasteiger partial charge in [-0.15, -0.1) is 0 Å². The lowest BCUT2D eigenvalue weighted by molar-refractivity contribution is 0.172. The van der Waals surface area contributed by atoms with Crippen LogP contribution < -0.4 is 14.8 Å². The largest absolute Gasteiger partial charge is 0.492 e. The fourth-order valence-corrected chi connectivity index (χ4v) is 4.64. The van der Waals surface area contributed by atoms with Gasteiger partial charge in [-0.05, 0) is 49.6 Å². The molecular weight excluding hydrogens is 404 g/mol. The Bertz CT molecular complexity index is 1120. The van der Waals surface area contributed by atoms with E-state index in [1.54, 1.807) is 24.3 Å². The Morgan fingerprint density at radius 3 is 2.90 bits per heavy atom. The summed E-state index contributed by atoms with van der Waals surface area (Å²) < 4.78 is 32.5. The van der Waals surface area contributed by atoms with E-state index in [0.717, 1.165) is 22.3 Å². The predicted octanol–water partition coefficient (Wildman–Crippen LogP) is 2.48. The molecule has 0 bridgehead atoms. The SMILES string of the molecule is Cc1n[nH]c2cc(OCCNC[C@H](O)c3cccc(NS(=O)(=O)C4CC4)c3)ccc12. The molecule has 1 aliphatic rings. The average molecular weight is 431 g/mol. The van der Waals surface area contributed by atoms with Crippen molar-refractivity contribution in [3.05, 3.63) is 53.7 Å². The van der Waals surface area contributed by atoms with Gasteiger partial charge in [0.25, 0.3) is 0 Å². The lowest BCUT2D eigenvalue weighted by Gasteiger charge is -2.14. The summed E-state index contributed by atoms with van der Waals surface area (Å²) in [7, 11) is -3.32. The van der Waals surface area contributed by atoms with Crippen molar-refractivity contribution in [2.24, 2.45) is 0 Å². The van der Waals surface area contributed by atoms with Crippen molar-refractivity contribution in [1.82, 2.24) is 15.5 Å². The van der Waals surface area contributed by atoms with Crippen LogP contribution in [0.15, 0.2) is 42.5 Å². The van der Waals surface area contributed by atoms with Crippen LogP contribution in [0.3, 0.4) is 0 Å². The number of benzene rings is 2. The first-order valence-electron chi connectivity index (χ1n) is 10.0. The molecule has 1 saturated carbocycles. The molecule has 9 heteroatoms. The number of aliphatic hydroxyl groups is 1. The monoisotopic (exact) mass is 430 g/mol. The topological polar surface area (TPSA) is 116 Å². The maximum Gasteiger partial charge on any atom is 0.235 e. The van der Waals surface area contributed by atoms with Gasteiger partial charge in [0, 0.05) is 30.2 Å². The van der Waals surface area contributed by atoms with Crippen LogP contribution in [-0.4, -0.2) is 48.7 Å². The Kier molecular flexibility index (Phi) is 5.94. The van der Waals surface area contributed by atoms with Crippen LogP contribution in [0.1, 0.15) is 30.2 Å². The number of fused-ring (bicyclic) bond motifs is 1. The molecule has 30 heavy (non-hydrogen) atoms. The number of aryl methyl sites for hydroxylation is 1. The third-order valence-electron chi connectivity index (χ3n) is 5.10. The van der Waals surface area contributed by atoms with E-state index in [-0.39, 0.29) is 5.25 Å². The fraction of sp³-hybridized carbons (Fsp3) is 0.381. The second-order valence-electron chi connectivity index (χ2n) is 7.56. The Morgan fingerprint density at radius 1 is 1.27 bits per heavy atom. The highest BCUT2D eigenvalue weighted by molar-refractivity contribution is 7.93. The quantitative estimate of drug-likeness (QED) is 0.367. The Morgan fingerprint density at radius 2 is 2.10 bits per heavy atom. The minimum atomic E-state index is -3.32. The molecule has 2 aromatic carbocycles. The van der Waals surface area contributed by atoms with Gasteiger partial charge in [-0.1, -0.05) is 12.1 Å². The molecule has 160 valence electrons. The highest BCUT2D eigenvalue weighted by atomic mass is 32.2. The van der Waals surface area contributed by atoms with Gasteiger partial charge in [0.1, 0.15) is 12.4 Å². The number of aromatic amines is 1. The standard InChI is InChI=1S/C21H26N4O4S/c1-14-19-8-5-17(12-20(19)24-23-14)29-10-9-22-13-21(26)15-3-2-4-16(11-15)25-30(27,28)18-6-7-18/h2-5,8,11-12,18,21-22,25-26H,6-7,9-10,13H2,1H3,(H,23,24)/t21-/m0/s1. The Labute approximate surface area is 175 Å². The van der Waals surface area contributed by atoms with E-state index < -0.39 is 16.1 Å². The number of anilines is 1. The molecule has 0 spiro atoms. The number of aliphatic hydroxyl groups excluding tert-OH is 1. The maximum absolute atomic E-state index is 12.1. The second-order valence-corrected chi connectivity index (χ2v) is 9.52. The molecule has 0 amide bonds.